The van der Waals surface area contributed by atoms with E-state index in [0.717, 1.165) is 58.4 Å². The fourth-order valence-electron chi connectivity index (χ4n) is 2.96. The summed E-state index contributed by atoms with van der Waals surface area (Å²) in [5.74, 6) is 1.05. The van der Waals surface area contributed by atoms with Crippen molar-refractivity contribution in [2.75, 3.05) is 33.4 Å². The first-order chi connectivity index (χ1) is 8.79. The van der Waals surface area contributed by atoms with Crippen LogP contribution in [0.15, 0.2) is 0 Å². The third kappa shape index (κ3) is 5.28. The van der Waals surface area contributed by atoms with Crippen molar-refractivity contribution in [2.45, 2.75) is 44.6 Å². The summed E-state index contributed by atoms with van der Waals surface area (Å²) in [7, 11) is 1.99. The van der Waals surface area contributed by atoms with Crippen LogP contribution >= 0.6 is 12.4 Å². The van der Waals surface area contributed by atoms with Gasteiger partial charge >= 0.3 is 0 Å². The normalized spacial score (nSPS) is 24.9. The van der Waals surface area contributed by atoms with Crippen molar-refractivity contribution < 1.29 is 9.53 Å². The smallest absolute Gasteiger partial charge is 0.222 e. The van der Waals surface area contributed by atoms with E-state index in [4.69, 9.17) is 4.74 Å². The molecule has 1 N–H and O–H groups in total. The van der Waals surface area contributed by atoms with E-state index in [9.17, 15) is 4.79 Å². The van der Waals surface area contributed by atoms with Crippen molar-refractivity contribution in [3.8, 4) is 0 Å². The zero-order chi connectivity index (χ0) is 12.8. The fourth-order valence-corrected chi connectivity index (χ4v) is 2.96. The summed E-state index contributed by atoms with van der Waals surface area (Å²) < 4.78 is 5.35. The lowest BCUT2D eigenvalue weighted by atomic mass is 9.94. The molecule has 2 aliphatic rings. The first-order valence-corrected chi connectivity index (χ1v) is 7.32. The van der Waals surface area contributed by atoms with E-state index in [2.05, 4.69) is 5.32 Å². The first kappa shape index (κ1) is 16.7. The van der Waals surface area contributed by atoms with E-state index in [1.807, 2.05) is 11.9 Å². The Hall–Kier alpha value is -0.320. The molecule has 1 unspecified atom stereocenters. The van der Waals surface area contributed by atoms with Gasteiger partial charge in [0.1, 0.15) is 0 Å². The van der Waals surface area contributed by atoms with E-state index >= 15 is 0 Å². The van der Waals surface area contributed by atoms with Crippen molar-refractivity contribution >= 4 is 18.3 Å². The van der Waals surface area contributed by atoms with Gasteiger partial charge in [-0.1, -0.05) is 0 Å². The fraction of sp³-hybridized carbons (Fsp3) is 0.929. The summed E-state index contributed by atoms with van der Waals surface area (Å²) in [5.41, 5.74) is 0. The van der Waals surface area contributed by atoms with Gasteiger partial charge in [0.15, 0.2) is 0 Å². The van der Waals surface area contributed by atoms with Gasteiger partial charge in [0.2, 0.25) is 5.91 Å². The Labute approximate surface area is 122 Å². The number of piperidine rings is 1. The van der Waals surface area contributed by atoms with Crippen molar-refractivity contribution in [1.82, 2.24) is 10.2 Å². The summed E-state index contributed by atoms with van der Waals surface area (Å²) >= 11 is 0. The average molecular weight is 291 g/mol. The van der Waals surface area contributed by atoms with Crippen LogP contribution in [0.5, 0.6) is 0 Å². The van der Waals surface area contributed by atoms with Crippen LogP contribution in [0.1, 0.15) is 38.5 Å². The van der Waals surface area contributed by atoms with Gasteiger partial charge in [-0.05, 0) is 45.1 Å². The lowest BCUT2D eigenvalue weighted by molar-refractivity contribution is -0.133. The highest BCUT2D eigenvalue weighted by atomic mass is 35.5. The molecule has 1 atom stereocenters. The number of likely N-dealkylation sites (tertiary alicyclic amines) is 1. The second-order valence-corrected chi connectivity index (χ2v) is 5.56. The maximum atomic E-state index is 12.2. The Balaban J connectivity index is 0.00000180. The molecule has 0 radical (unpaired) electrons. The molecular weight excluding hydrogens is 264 g/mol. The van der Waals surface area contributed by atoms with E-state index in [1.54, 1.807) is 0 Å². The van der Waals surface area contributed by atoms with E-state index < -0.39 is 0 Å². The van der Waals surface area contributed by atoms with Gasteiger partial charge in [-0.3, -0.25) is 4.79 Å². The molecule has 112 valence electrons. The van der Waals surface area contributed by atoms with Crippen molar-refractivity contribution in [1.29, 1.82) is 0 Å². The zero-order valence-electron chi connectivity index (χ0n) is 11.9. The summed E-state index contributed by atoms with van der Waals surface area (Å²) in [6, 6.07) is 0.491. The third-order valence-corrected chi connectivity index (χ3v) is 4.29. The molecule has 5 heteroatoms. The molecule has 0 bridgehead atoms. The Kier molecular flexibility index (Phi) is 7.73. The van der Waals surface area contributed by atoms with E-state index in [1.165, 1.54) is 6.42 Å². The molecule has 2 heterocycles. The minimum atomic E-state index is 0. The molecule has 1 amide bonds. The Morgan fingerprint density at radius 1 is 1.32 bits per heavy atom. The second kappa shape index (κ2) is 8.77. The van der Waals surface area contributed by atoms with Crippen LogP contribution in [0.25, 0.3) is 0 Å². The maximum absolute atomic E-state index is 12.2. The number of carbonyl (C=O) groups is 1. The summed E-state index contributed by atoms with van der Waals surface area (Å²) in [4.78, 5) is 14.2. The van der Waals surface area contributed by atoms with Gasteiger partial charge in [0.05, 0.1) is 0 Å². The number of halogens is 1. The van der Waals surface area contributed by atoms with Gasteiger partial charge in [-0.15, -0.1) is 12.4 Å². The predicted octanol–water partition coefficient (Wildman–Crippen LogP) is 1.83. The van der Waals surface area contributed by atoms with Crippen LogP contribution in [0.3, 0.4) is 0 Å². The van der Waals surface area contributed by atoms with Crippen LogP contribution in [-0.2, 0) is 9.53 Å². The molecular formula is C14H27ClN2O2. The molecule has 0 aromatic carbocycles. The molecule has 19 heavy (non-hydrogen) atoms. The molecule has 2 fully saturated rings. The molecule has 2 saturated heterocycles. The number of amides is 1. The highest BCUT2D eigenvalue weighted by Gasteiger charge is 2.23. The number of ether oxygens (including phenoxy) is 1. The number of carbonyl (C=O) groups excluding carboxylic acids is 1. The molecule has 0 aromatic heterocycles. The topological polar surface area (TPSA) is 41.6 Å². The number of hydrogen-bond donors (Lipinski definition) is 1. The zero-order valence-corrected chi connectivity index (χ0v) is 12.7. The van der Waals surface area contributed by atoms with Crippen molar-refractivity contribution in [2.24, 2.45) is 5.92 Å². The number of hydrogen-bond acceptors (Lipinski definition) is 3. The molecule has 0 saturated carbocycles. The maximum Gasteiger partial charge on any atom is 0.222 e. The molecule has 0 aromatic rings. The molecule has 0 spiro atoms. The lowest BCUT2D eigenvalue weighted by Gasteiger charge is -2.33. The highest BCUT2D eigenvalue weighted by molar-refractivity contribution is 5.85. The SMILES string of the molecule is CNC1CCCN(C(=O)CCC2CCOCC2)C1.Cl. The lowest BCUT2D eigenvalue weighted by Crippen LogP contribution is -2.47. The highest BCUT2D eigenvalue weighted by Crippen LogP contribution is 2.21. The summed E-state index contributed by atoms with van der Waals surface area (Å²) in [6.07, 6.45) is 6.36. The molecule has 2 aliphatic heterocycles. The van der Waals surface area contributed by atoms with Gasteiger partial charge < -0.3 is 15.0 Å². The minimum absolute atomic E-state index is 0. The summed E-state index contributed by atoms with van der Waals surface area (Å²) in [5, 5.41) is 3.28. The monoisotopic (exact) mass is 290 g/mol. The Morgan fingerprint density at radius 2 is 2.05 bits per heavy atom. The summed E-state index contributed by atoms with van der Waals surface area (Å²) in [6.45, 7) is 3.60. The van der Waals surface area contributed by atoms with Crippen LogP contribution in [-0.4, -0.2) is 50.2 Å². The average Bonchev–Trinajstić information content (AvgIpc) is 2.46. The largest absolute Gasteiger partial charge is 0.381 e. The molecule has 0 aliphatic carbocycles. The van der Waals surface area contributed by atoms with Crippen LogP contribution in [0, 0.1) is 5.92 Å². The first-order valence-electron chi connectivity index (χ1n) is 7.32. The number of nitrogens with one attached hydrogen (secondary N) is 1. The van der Waals surface area contributed by atoms with Crippen molar-refractivity contribution in [3.05, 3.63) is 0 Å². The third-order valence-electron chi connectivity index (χ3n) is 4.29. The minimum Gasteiger partial charge on any atom is -0.381 e. The van der Waals surface area contributed by atoms with Crippen LogP contribution in [0.4, 0.5) is 0 Å². The van der Waals surface area contributed by atoms with E-state index in [-0.39, 0.29) is 12.4 Å². The van der Waals surface area contributed by atoms with E-state index in [0.29, 0.717) is 17.9 Å². The quantitative estimate of drug-likeness (QED) is 0.859. The van der Waals surface area contributed by atoms with Crippen LogP contribution in [0.2, 0.25) is 0 Å². The number of rotatable bonds is 4. The second-order valence-electron chi connectivity index (χ2n) is 5.56. The Bertz CT molecular complexity index is 270. The number of nitrogens with zero attached hydrogens (tertiary/aromatic N) is 1. The number of likely N-dealkylation sites (N-methyl/N-ethyl adjacent to an activating group) is 1. The van der Waals surface area contributed by atoms with Gasteiger partial charge in [0, 0.05) is 38.8 Å². The standard InChI is InChI=1S/C14H26N2O2.ClH/c1-15-13-3-2-8-16(11-13)14(17)5-4-12-6-9-18-10-7-12;/h12-13,15H,2-11H2,1H3;1H. The van der Waals surface area contributed by atoms with Crippen molar-refractivity contribution in [3.63, 3.8) is 0 Å². The van der Waals surface area contributed by atoms with Gasteiger partial charge in [-0.25, -0.2) is 0 Å². The molecule has 2 rings (SSSR count). The molecule has 4 nitrogen and oxygen atoms in total. The van der Waals surface area contributed by atoms with Crippen LogP contribution < -0.4 is 5.32 Å². The Morgan fingerprint density at radius 3 is 2.74 bits per heavy atom. The predicted molar refractivity (Wildman–Crippen MR) is 78.7 cm³/mol. The van der Waals surface area contributed by atoms with Gasteiger partial charge in [-0.2, -0.15) is 0 Å². The van der Waals surface area contributed by atoms with Gasteiger partial charge in [0.25, 0.3) is 0 Å².